The van der Waals surface area contributed by atoms with Gasteiger partial charge in [0, 0.05) is 0 Å². The molecule has 0 spiro atoms. The molecule has 1 aromatic rings. The van der Waals surface area contributed by atoms with Crippen LogP contribution in [0.5, 0.6) is 0 Å². The number of carbonyl (C=O) groups is 1. The molecule has 0 amide bonds. The van der Waals surface area contributed by atoms with E-state index in [4.69, 9.17) is 16.3 Å². The Balaban J connectivity index is 3.09. The molecule has 0 aliphatic rings. The zero-order chi connectivity index (χ0) is 11.6. The Labute approximate surface area is 93.0 Å². The monoisotopic (exact) mass is 230 g/mol. The first-order valence-electron chi connectivity index (χ1n) is 4.58. The van der Waals surface area contributed by atoms with Gasteiger partial charge >= 0.3 is 5.97 Å². The van der Waals surface area contributed by atoms with Gasteiger partial charge in [-0.2, -0.15) is 0 Å². The molecule has 0 radical (unpaired) electrons. The molecule has 1 aromatic carbocycles. The molecule has 0 fully saturated rings. The lowest BCUT2D eigenvalue weighted by Crippen LogP contribution is -2.13. The van der Waals surface area contributed by atoms with Crippen molar-refractivity contribution in [2.24, 2.45) is 0 Å². The van der Waals surface area contributed by atoms with Crippen molar-refractivity contribution in [1.29, 1.82) is 0 Å². The van der Waals surface area contributed by atoms with Gasteiger partial charge in [0.2, 0.25) is 0 Å². The van der Waals surface area contributed by atoms with E-state index >= 15 is 0 Å². The van der Waals surface area contributed by atoms with Gasteiger partial charge in [0.25, 0.3) is 0 Å². The van der Waals surface area contributed by atoms with Crippen molar-refractivity contribution in [1.82, 2.24) is 0 Å². The van der Waals surface area contributed by atoms with Crippen LogP contribution in [0.25, 0.3) is 0 Å². The smallest absolute Gasteiger partial charge is 0.342 e. The maximum absolute atomic E-state index is 13.4. The number of benzene rings is 1. The molecule has 15 heavy (non-hydrogen) atoms. The summed E-state index contributed by atoms with van der Waals surface area (Å²) in [6.45, 7) is 5.09. The summed E-state index contributed by atoms with van der Waals surface area (Å²) < 4.78 is 18.3. The Hall–Kier alpha value is -1.09. The largest absolute Gasteiger partial charge is 0.459 e. The molecule has 0 saturated heterocycles. The van der Waals surface area contributed by atoms with Crippen LogP contribution < -0.4 is 0 Å². The summed E-state index contributed by atoms with van der Waals surface area (Å²) >= 11 is 5.77. The van der Waals surface area contributed by atoms with Crippen molar-refractivity contribution in [2.45, 2.75) is 26.9 Å². The number of halogens is 2. The highest BCUT2D eigenvalue weighted by Gasteiger charge is 2.18. The highest BCUT2D eigenvalue weighted by atomic mass is 35.5. The third kappa shape index (κ3) is 2.93. The van der Waals surface area contributed by atoms with Gasteiger partial charge < -0.3 is 4.74 Å². The number of rotatable bonds is 2. The Morgan fingerprint density at radius 1 is 1.47 bits per heavy atom. The third-order valence-corrected chi connectivity index (χ3v) is 2.03. The van der Waals surface area contributed by atoms with Crippen LogP contribution in [0, 0.1) is 12.7 Å². The molecular formula is C11H12ClFO2. The lowest BCUT2D eigenvalue weighted by molar-refractivity contribution is 0.0373. The molecule has 0 unspecified atom stereocenters. The lowest BCUT2D eigenvalue weighted by Gasteiger charge is -2.10. The average Bonchev–Trinajstić information content (AvgIpc) is 1.99. The first-order valence-corrected chi connectivity index (χ1v) is 4.96. The standard InChI is InChI=1S/C11H12ClFO2/c1-6(2)15-11(14)10-8(12)4-7(3)5-9(10)13/h4-6H,1-3H3. The molecule has 0 saturated carbocycles. The van der Waals surface area contributed by atoms with Crippen molar-refractivity contribution in [2.75, 3.05) is 0 Å². The summed E-state index contributed by atoms with van der Waals surface area (Å²) in [6.07, 6.45) is -0.297. The highest BCUT2D eigenvalue weighted by Crippen LogP contribution is 2.22. The van der Waals surface area contributed by atoms with E-state index in [0.717, 1.165) is 0 Å². The van der Waals surface area contributed by atoms with Crippen molar-refractivity contribution in [3.63, 3.8) is 0 Å². The Morgan fingerprint density at radius 2 is 2.07 bits per heavy atom. The van der Waals surface area contributed by atoms with Crippen LogP contribution in [0.1, 0.15) is 29.8 Å². The van der Waals surface area contributed by atoms with Crippen LogP contribution in [0.4, 0.5) is 4.39 Å². The van der Waals surface area contributed by atoms with Crippen molar-refractivity contribution < 1.29 is 13.9 Å². The molecule has 4 heteroatoms. The molecule has 0 bridgehead atoms. The molecule has 0 aromatic heterocycles. The second kappa shape index (κ2) is 4.62. The second-order valence-electron chi connectivity index (χ2n) is 3.56. The normalized spacial score (nSPS) is 10.5. The van der Waals surface area contributed by atoms with Gasteiger partial charge in [0.1, 0.15) is 11.4 Å². The molecule has 0 aliphatic heterocycles. The maximum Gasteiger partial charge on any atom is 0.342 e. The van der Waals surface area contributed by atoms with Crippen molar-refractivity contribution in [3.8, 4) is 0 Å². The van der Waals surface area contributed by atoms with Crippen LogP contribution >= 0.6 is 11.6 Å². The quantitative estimate of drug-likeness (QED) is 0.729. The zero-order valence-corrected chi connectivity index (χ0v) is 9.56. The van der Waals surface area contributed by atoms with Crippen LogP contribution in [-0.2, 0) is 4.74 Å². The molecule has 0 N–H and O–H groups in total. The molecular weight excluding hydrogens is 219 g/mol. The maximum atomic E-state index is 13.4. The van der Waals surface area contributed by atoms with Gasteiger partial charge in [-0.1, -0.05) is 11.6 Å². The first-order chi connectivity index (χ1) is 6.91. The van der Waals surface area contributed by atoms with E-state index in [0.29, 0.717) is 5.56 Å². The van der Waals surface area contributed by atoms with Gasteiger partial charge in [0.05, 0.1) is 11.1 Å². The summed E-state index contributed by atoms with van der Waals surface area (Å²) in [7, 11) is 0. The summed E-state index contributed by atoms with van der Waals surface area (Å²) in [5.74, 6) is -1.38. The fourth-order valence-corrected chi connectivity index (χ4v) is 1.51. The van der Waals surface area contributed by atoms with E-state index in [-0.39, 0.29) is 16.7 Å². The molecule has 82 valence electrons. The minimum absolute atomic E-state index is 0.0816. The molecule has 0 aliphatic carbocycles. The van der Waals surface area contributed by atoms with Gasteiger partial charge in [-0.05, 0) is 38.5 Å². The van der Waals surface area contributed by atoms with Crippen LogP contribution in [0.2, 0.25) is 5.02 Å². The van der Waals surface area contributed by atoms with E-state index in [9.17, 15) is 9.18 Å². The Kier molecular flexibility index (Phi) is 3.69. The molecule has 0 atom stereocenters. The van der Waals surface area contributed by atoms with Crippen LogP contribution in [-0.4, -0.2) is 12.1 Å². The number of ether oxygens (including phenoxy) is 1. The second-order valence-corrected chi connectivity index (χ2v) is 3.96. The Bertz CT molecular complexity index is 365. The predicted octanol–water partition coefficient (Wildman–Crippen LogP) is 3.35. The van der Waals surface area contributed by atoms with Gasteiger partial charge in [0.15, 0.2) is 0 Å². The summed E-state index contributed by atoms with van der Waals surface area (Å²) in [5, 5.41) is 0.0816. The lowest BCUT2D eigenvalue weighted by atomic mass is 10.1. The minimum Gasteiger partial charge on any atom is -0.459 e. The average molecular weight is 231 g/mol. The fourth-order valence-electron chi connectivity index (χ4n) is 1.17. The van der Waals surface area contributed by atoms with Gasteiger partial charge in [-0.25, -0.2) is 9.18 Å². The fraction of sp³-hybridized carbons (Fsp3) is 0.364. The molecule has 2 nitrogen and oxygen atoms in total. The summed E-state index contributed by atoms with van der Waals surface area (Å²) in [4.78, 5) is 11.5. The van der Waals surface area contributed by atoms with E-state index in [1.54, 1.807) is 20.8 Å². The van der Waals surface area contributed by atoms with E-state index in [2.05, 4.69) is 0 Å². The van der Waals surface area contributed by atoms with Gasteiger partial charge in [-0.15, -0.1) is 0 Å². The number of carbonyl (C=O) groups excluding carboxylic acids is 1. The SMILES string of the molecule is Cc1cc(F)c(C(=O)OC(C)C)c(Cl)c1. The number of aryl methyl sites for hydroxylation is 1. The van der Waals surface area contributed by atoms with E-state index in [1.807, 2.05) is 0 Å². The first kappa shape index (κ1) is 12.0. The topological polar surface area (TPSA) is 26.3 Å². The van der Waals surface area contributed by atoms with E-state index < -0.39 is 11.8 Å². The summed E-state index contributed by atoms with van der Waals surface area (Å²) in [5.41, 5.74) is 0.467. The van der Waals surface area contributed by atoms with E-state index in [1.165, 1.54) is 12.1 Å². The highest BCUT2D eigenvalue weighted by molar-refractivity contribution is 6.33. The zero-order valence-electron chi connectivity index (χ0n) is 8.80. The number of hydrogen-bond acceptors (Lipinski definition) is 2. The number of hydrogen-bond donors (Lipinski definition) is 0. The Morgan fingerprint density at radius 3 is 2.53 bits per heavy atom. The van der Waals surface area contributed by atoms with Gasteiger partial charge in [-0.3, -0.25) is 0 Å². The molecule has 0 heterocycles. The number of esters is 1. The van der Waals surface area contributed by atoms with Crippen LogP contribution in [0.15, 0.2) is 12.1 Å². The molecule has 1 rings (SSSR count). The van der Waals surface area contributed by atoms with Crippen molar-refractivity contribution >= 4 is 17.6 Å². The third-order valence-electron chi connectivity index (χ3n) is 1.73. The van der Waals surface area contributed by atoms with Crippen LogP contribution in [0.3, 0.4) is 0 Å². The van der Waals surface area contributed by atoms with Crippen molar-refractivity contribution in [3.05, 3.63) is 34.1 Å². The minimum atomic E-state index is -0.729. The predicted molar refractivity (Wildman–Crippen MR) is 56.7 cm³/mol. The summed E-state index contributed by atoms with van der Waals surface area (Å²) in [6, 6.07) is 2.78.